The van der Waals surface area contributed by atoms with Crippen LogP contribution in [0.25, 0.3) is 0 Å². The molecule has 0 unspecified atom stereocenters. The summed E-state index contributed by atoms with van der Waals surface area (Å²) in [7, 11) is 0. The molecule has 1 fully saturated rings. The van der Waals surface area contributed by atoms with Gasteiger partial charge in [0.15, 0.2) is 0 Å². The first-order chi connectivity index (χ1) is 11.7. The Morgan fingerprint density at radius 3 is 2.72 bits per heavy atom. The van der Waals surface area contributed by atoms with E-state index in [1.54, 1.807) is 0 Å². The van der Waals surface area contributed by atoms with E-state index < -0.39 is 5.41 Å². The fourth-order valence-electron chi connectivity index (χ4n) is 6.18. The molecule has 25 heavy (non-hydrogen) atoms. The number of carbonyl (C=O) groups is 1. The van der Waals surface area contributed by atoms with Gasteiger partial charge in [-0.2, -0.15) is 5.26 Å². The van der Waals surface area contributed by atoms with Crippen molar-refractivity contribution in [2.75, 3.05) is 0 Å². The van der Waals surface area contributed by atoms with E-state index in [2.05, 4.69) is 45.9 Å². The highest BCUT2D eigenvalue weighted by atomic mass is 16.1. The number of fused-ring (bicyclic) bond motifs is 3. The van der Waals surface area contributed by atoms with Crippen LogP contribution >= 0.6 is 0 Å². The predicted molar refractivity (Wildman–Crippen MR) is 100 cm³/mol. The van der Waals surface area contributed by atoms with Crippen LogP contribution in [-0.2, 0) is 4.79 Å². The molecule has 5 atom stereocenters. The Labute approximate surface area is 152 Å². The Hall–Kier alpha value is -1.56. The first-order valence-electron chi connectivity index (χ1n) is 9.82. The minimum atomic E-state index is -0.401. The van der Waals surface area contributed by atoms with E-state index in [0.717, 1.165) is 32.1 Å². The Bertz CT molecular complexity index is 668. The van der Waals surface area contributed by atoms with Crippen molar-refractivity contribution in [2.24, 2.45) is 40.2 Å². The number of hydrogen-bond acceptors (Lipinski definition) is 2. The number of primary amides is 1. The average Bonchev–Trinajstić information content (AvgIpc) is 2.54. The van der Waals surface area contributed by atoms with Crippen molar-refractivity contribution in [2.45, 2.75) is 66.2 Å². The van der Waals surface area contributed by atoms with E-state index in [0.29, 0.717) is 30.1 Å². The summed E-state index contributed by atoms with van der Waals surface area (Å²) in [6.07, 6.45) is 10.5. The maximum atomic E-state index is 12.3. The minimum absolute atomic E-state index is 0.110. The lowest BCUT2D eigenvalue weighted by molar-refractivity contribution is -0.140. The zero-order chi connectivity index (χ0) is 18.4. The molecule has 3 rings (SSSR count). The zero-order valence-electron chi connectivity index (χ0n) is 16.1. The van der Waals surface area contributed by atoms with Crippen LogP contribution in [0.15, 0.2) is 23.3 Å². The molecule has 0 aromatic carbocycles. The number of carbonyl (C=O) groups excluding carboxylic acids is 1. The molecule has 0 spiro atoms. The highest BCUT2D eigenvalue weighted by Gasteiger charge is 2.57. The molecule has 0 radical (unpaired) electrons. The summed E-state index contributed by atoms with van der Waals surface area (Å²) in [4.78, 5) is 12.3. The fraction of sp³-hybridized carbons (Fsp3) is 0.727. The lowest BCUT2D eigenvalue weighted by Gasteiger charge is -2.58. The zero-order valence-corrected chi connectivity index (χ0v) is 16.1. The highest BCUT2D eigenvalue weighted by molar-refractivity contribution is 5.81. The monoisotopic (exact) mass is 340 g/mol. The van der Waals surface area contributed by atoms with Gasteiger partial charge in [-0.25, -0.2) is 0 Å². The van der Waals surface area contributed by atoms with Gasteiger partial charge in [-0.15, -0.1) is 0 Å². The Kier molecular flexibility index (Phi) is 4.60. The molecule has 3 heteroatoms. The number of amides is 1. The van der Waals surface area contributed by atoms with Crippen molar-refractivity contribution in [3.05, 3.63) is 23.3 Å². The first-order valence-corrected chi connectivity index (χ1v) is 9.82. The maximum Gasteiger partial charge on any atom is 0.223 e. The Morgan fingerprint density at radius 2 is 2.12 bits per heavy atom. The number of nitrogens with zero attached hydrogens (tertiary/aromatic N) is 1. The summed E-state index contributed by atoms with van der Waals surface area (Å²) < 4.78 is 0. The van der Waals surface area contributed by atoms with Gasteiger partial charge in [0.2, 0.25) is 5.91 Å². The standard InChI is InChI=1S/C22H32N2O/c1-14(2)17-12-16-6-7-19-21(3,18(16)13-15(17)8-11-23)9-5-10-22(19,4)20(24)25/h6,12,14-15,18-19H,5,7-10,13H2,1-4H3,(H2,24,25)/t15-,18+,19+,21+,22+/m0/s1. The van der Waals surface area contributed by atoms with Gasteiger partial charge in [0.25, 0.3) is 0 Å². The largest absolute Gasteiger partial charge is 0.369 e. The van der Waals surface area contributed by atoms with Crippen LogP contribution < -0.4 is 5.73 Å². The molecule has 3 aliphatic rings. The SMILES string of the molecule is CC(C)C1=CC2=CC[C@@H]3[C@](C)(CCC[C@@]3(C)C(N)=O)[C@@H]2C[C@@H]1CC#N. The lowest BCUT2D eigenvalue weighted by atomic mass is 9.46. The van der Waals surface area contributed by atoms with E-state index in [1.807, 2.05) is 0 Å². The van der Waals surface area contributed by atoms with E-state index in [1.165, 1.54) is 11.1 Å². The number of nitriles is 1. The fourth-order valence-corrected chi connectivity index (χ4v) is 6.18. The topological polar surface area (TPSA) is 66.9 Å². The smallest absolute Gasteiger partial charge is 0.223 e. The average molecular weight is 341 g/mol. The van der Waals surface area contributed by atoms with Crippen molar-refractivity contribution in [3.63, 3.8) is 0 Å². The highest BCUT2D eigenvalue weighted by Crippen LogP contribution is 2.62. The van der Waals surface area contributed by atoms with Gasteiger partial charge in [0.05, 0.1) is 6.07 Å². The molecule has 1 saturated carbocycles. The van der Waals surface area contributed by atoms with E-state index >= 15 is 0 Å². The molecule has 3 aliphatic carbocycles. The summed E-state index contributed by atoms with van der Waals surface area (Å²) in [6, 6.07) is 2.40. The summed E-state index contributed by atoms with van der Waals surface area (Å²) in [5, 5.41) is 9.31. The van der Waals surface area contributed by atoms with Gasteiger partial charge in [0, 0.05) is 11.8 Å². The second-order valence-electron chi connectivity index (χ2n) is 9.28. The summed E-state index contributed by atoms with van der Waals surface area (Å²) in [6.45, 7) is 8.93. The van der Waals surface area contributed by atoms with Crippen LogP contribution in [-0.4, -0.2) is 5.91 Å². The number of rotatable bonds is 3. The van der Waals surface area contributed by atoms with E-state index in [-0.39, 0.29) is 11.3 Å². The number of allylic oxidation sites excluding steroid dienone is 4. The number of hydrogen-bond donors (Lipinski definition) is 1. The molecule has 0 heterocycles. The molecule has 3 nitrogen and oxygen atoms in total. The van der Waals surface area contributed by atoms with Crippen molar-refractivity contribution in [1.29, 1.82) is 5.26 Å². The molecule has 0 saturated heterocycles. The molecule has 0 aromatic heterocycles. The van der Waals surface area contributed by atoms with Gasteiger partial charge >= 0.3 is 0 Å². The first kappa shape index (κ1) is 18.2. The van der Waals surface area contributed by atoms with Crippen molar-refractivity contribution in [1.82, 2.24) is 0 Å². The normalized spacial score (nSPS) is 40.4. The summed E-state index contributed by atoms with van der Waals surface area (Å²) in [5.74, 6) is 1.46. The summed E-state index contributed by atoms with van der Waals surface area (Å²) >= 11 is 0. The molecular formula is C22H32N2O. The third-order valence-corrected chi connectivity index (χ3v) is 7.66. The number of nitrogens with two attached hydrogens (primary N) is 1. The van der Waals surface area contributed by atoms with Crippen molar-refractivity contribution in [3.8, 4) is 6.07 Å². The van der Waals surface area contributed by atoms with Crippen LogP contribution in [0.5, 0.6) is 0 Å². The van der Waals surface area contributed by atoms with Crippen LogP contribution in [0.3, 0.4) is 0 Å². The lowest BCUT2D eigenvalue weighted by Crippen LogP contribution is -2.55. The molecule has 2 N–H and O–H groups in total. The minimum Gasteiger partial charge on any atom is -0.369 e. The van der Waals surface area contributed by atoms with Gasteiger partial charge in [-0.1, -0.05) is 51.8 Å². The third kappa shape index (κ3) is 2.75. The Balaban J connectivity index is 2.04. The van der Waals surface area contributed by atoms with E-state index in [4.69, 9.17) is 5.73 Å². The molecule has 0 aliphatic heterocycles. The van der Waals surface area contributed by atoms with Gasteiger partial charge < -0.3 is 5.73 Å². The predicted octanol–water partition coefficient (Wildman–Crippen LogP) is 4.75. The molecule has 1 amide bonds. The summed E-state index contributed by atoms with van der Waals surface area (Å²) in [5.41, 5.74) is 8.45. The van der Waals surface area contributed by atoms with Crippen LogP contribution in [0.4, 0.5) is 0 Å². The maximum absolute atomic E-state index is 12.3. The third-order valence-electron chi connectivity index (χ3n) is 7.66. The van der Waals surface area contributed by atoms with Gasteiger partial charge in [-0.3, -0.25) is 4.79 Å². The van der Waals surface area contributed by atoms with Crippen molar-refractivity contribution >= 4 is 5.91 Å². The molecular weight excluding hydrogens is 308 g/mol. The second-order valence-corrected chi connectivity index (χ2v) is 9.28. The molecule has 0 bridgehead atoms. The van der Waals surface area contributed by atoms with Crippen LogP contribution in [0.1, 0.15) is 66.2 Å². The quantitative estimate of drug-likeness (QED) is 0.806. The van der Waals surface area contributed by atoms with Gasteiger partial charge in [0.1, 0.15) is 0 Å². The van der Waals surface area contributed by atoms with Crippen LogP contribution in [0, 0.1) is 45.8 Å². The Morgan fingerprint density at radius 1 is 1.40 bits per heavy atom. The molecule has 0 aromatic rings. The van der Waals surface area contributed by atoms with Gasteiger partial charge in [-0.05, 0) is 60.3 Å². The van der Waals surface area contributed by atoms with Crippen molar-refractivity contribution < 1.29 is 4.79 Å². The second kappa shape index (κ2) is 6.31. The van der Waals surface area contributed by atoms with Crippen LogP contribution in [0.2, 0.25) is 0 Å². The van der Waals surface area contributed by atoms with E-state index in [9.17, 15) is 10.1 Å². The molecule has 136 valence electrons.